The van der Waals surface area contributed by atoms with Gasteiger partial charge in [-0.3, -0.25) is 4.57 Å². The van der Waals surface area contributed by atoms with Gasteiger partial charge in [0.05, 0.1) is 24.9 Å². The Bertz CT molecular complexity index is 664. The van der Waals surface area contributed by atoms with E-state index in [1.807, 2.05) is 0 Å². The first-order chi connectivity index (χ1) is 10.3. The molecular weight excluding hydrogens is 294 g/mol. The molecule has 2 aromatic heterocycles. The second-order valence-electron chi connectivity index (χ2n) is 5.42. The molecule has 2 aliphatic heterocycles. The largest absolute Gasteiger partial charge is 0.379 e. The first kappa shape index (κ1) is 13.2. The maximum atomic E-state index is 5.96. The van der Waals surface area contributed by atoms with Gasteiger partial charge < -0.3 is 14.8 Å². The Kier molecular flexibility index (Phi) is 3.20. The molecule has 8 heteroatoms. The molecule has 1 N–H and O–H groups in total. The molecule has 4 rings (SSSR count). The van der Waals surface area contributed by atoms with Gasteiger partial charge in [-0.1, -0.05) is 0 Å². The lowest BCUT2D eigenvalue weighted by molar-refractivity contribution is 0.0584. The summed E-state index contributed by atoms with van der Waals surface area (Å²) in [5.74, 6) is 0.820. The summed E-state index contributed by atoms with van der Waals surface area (Å²) in [5, 5.41) is 3.61. The highest BCUT2D eigenvalue weighted by Gasteiger charge is 2.41. The van der Waals surface area contributed by atoms with Crippen LogP contribution in [0.15, 0.2) is 6.20 Å². The zero-order valence-corrected chi connectivity index (χ0v) is 12.3. The van der Waals surface area contributed by atoms with E-state index in [9.17, 15) is 0 Å². The molecule has 21 heavy (non-hydrogen) atoms. The summed E-state index contributed by atoms with van der Waals surface area (Å²) in [4.78, 5) is 12.9. The molecule has 1 spiro atoms. The van der Waals surface area contributed by atoms with Crippen LogP contribution in [0.25, 0.3) is 11.2 Å². The molecule has 0 radical (unpaired) electrons. The minimum Gasteiger partial charge on any atom is -0.379 e. The summed E-state index contributed by atoms with van der Waals surface area (Å²) in [6.45, 7) is 3.50. The van der Waals surface area contributed by atoms with Gasteiger partial charge in [0.15, 0.2) is 5.65 Å². The molecule has 0 saturated carbocycles. The molecule has 0 bridgehead atoms. The Morgan fingerprint density at radius 1 is 1.14 bits per heavy atom. The summed E-state index contributed by atoms with van der Waals surface area (Å²) in [6.07, 6.45) is 3.44. The average Bonchev–Trinajstić information content (AvgIpc) is 3.03. The van der Waals surface area contributed by atoms with Crippen LogP contribution in [0.1, 0.15) is 12.8 Å². The van der Waals surface area contributed by atoms with Crippen molar-refractivity contribution in [3.05, 3.63) is 11.5 Å². The maximum absolute atomic E-state index is 5.96. The van der Waals surface area contributed by atoms with Crippen molar-refractivity contribution in [3.8, 4) is 0 Å². The topological polar surface area (TPSA) is 74.1 Å². The lowest BCUT2D eigenvalue weighted by Crippen LogP contribution is -2.36. The minimum absolute atomic E-state index is 0.133. The molecule has 112 valence electrons. The summed E-state index contributed by atoms with van der Waals surface area (Å²) < 4.78 is 13.4. The molecule has 0 amide bonds. The minimum atomic E-state index is -0.133. The number of aromatic nitrogens is 4. The number of hydrogen-bond acceptors (Lipinski definition) is 6. The lowest BCUT2D eigenvalue weighted by atomic mass is 9.92. The second kappa shape index (κ2) is 5.08. The first-order valence-electron chi connectivity index (χ1n) is 7.09. The van der Waals surface area contributed by atoms with E-state index in [-0.39, 0.29) is 10.8 Å². The zero-order chi connectivity index (χ0) is 14.3. The molecule has 1 saturated heterocycles. The zero-order valence-electron chi connectivity index (χ0n) is 11.5. The van der Waals surface area contributed by atoms with Crippen LogP contribution in [0.5, 0.6) is 0 Å². The van der Waals surface area contributed by atoms with Crippen molar-refractivity contribution in [2.24, 2.45) is 0 Å². The predicted octanol–water partition coefficient (Wildman–Crippen LogP) is 1.43. The number of hydrogen-bond donors (Lipinski definition) is 1. The maximum Gasteiger partial charge on any atom is 0.224 e. The highest BCUT2D eigenvalue weighted by molar-refractivity contribution is 6.28. The Balaban J connectivity index is 1.82. The van der Waals surface area contributed by atoms with E-state index in [0.717, 1.165) is 36.5 Å². The normalized spacial score (nSPS) is 21.6. The van der Waals surface area contributed by atoms with Gasteiger partial charge in [0, 0.05) is 19.8 Å². The number of ether oxygens (including phenoxy) is 2. The Hall–Kier alpha value is -1.44. The van der Waals surface area contributed by atoms with Crippen molar-refractivity contribution in [2.75, 3.05) is 38.3 Å². The fraction of sp³-hybridized carbons (Fsp3) is 0.615. The number of halogens is 1. The van der Waals surface area contributed by atoms with E-state index in [1.54, 1.807) is 6.20 Å². The van der Waals surface area contributed by atoms with Crippen LogP contribution < -0.4 is 5.32 Å². The van der Waals surface area contributed by atoms with Crippen molar-refractivity contribution in [2.45, 2.75) is 18.4 Å². The fourth-order valence-electron chi connectivity index (χ4n) is 3.12. The smallest absolute Gasteiger partial charge is 0.224 e. The molecule has 4 heterocycles. The van der Waals surface area contributed by atoms with Crippen molar-refractivity contribution in [1.82, 2.24) is 19.5 Å². The van der Waals surface area contributed by atoms with Gasteiger partial charge in [-0.05, 0) is 24.4 Å². The quantitative estimate of drug-likeness (QED) is 0.742. The monoisotopic (exact) mass is 309 g/mol. The third-order valence-electron chi connectivity index (χ3n) is 4.22. The van der Waals surface area contributed by atoms with E-state index in [2.05, 4.69) is 24.8 Å². The molecule has 0 unspecified atom stereocenters. The van der Waals surface area contributed by atoms with Crippen LogP contribution >= 0.6 is 11.6 Å². The van der Waals surface area contributed by atoms with Gasteiger partial charge in [0.1, 0.15) is 5.52 Å². The summed E-state index contributed by atoms with van der Waals surface area (Å²) in [6, 6.07) is 0. The molecule has 0 aliphatic carbocycles. The van der Waals surface area contributed by atoms with Crippen LogP contribution in [0.3, 0.4) is 0 Å². The predicted molar refractivity (Wildman–Crippen MR) is 77.7 cm³/mol. The lowest BCUT2D eigenvalue weighted by Gasteiger charge is -2.29. The van der Waals surface area contributed by atoms with Crippen LogP contribution in [-0.4, -0.2) is 52.5 Å². The SMILES string of the molecule is Clc1ncc2nc3n(c2n1)C1(CCOCCOCC1)CN3. The molecule has 0 atom stereocenters. The van der Waals surface area contributed by atoms with Crippen molar-refractivity contribution >= 4 is 28.7 Å². The number of anilines is 1. The Morgan fingerprint density at radius 2 is 1.90 bits per heavy atom. The van der Waals surface area contributed by atoms with Crippen molar-refractivity contribution < 1.29 is 9.47 Å². The Morgan fingerprint density at radius 3 is 2.67 bits per heavy atom. The molecule has 0 aromatic carbocycles. The van der Waals surface area contributed by atoms with E-state index >= 15 is 0 Å². The van der Waals surface area contributed by atoms with Gasteiger partial charge >= 0.3 is 0 Å². The van der Waals surface area contributed by atoms with Crippen LogP contribution in [-0.2, 0) is 15.0 Å². The summed E-state index contributed by atoms with van der Waals surface area (Å²) >= 11 is 5.96. The number of nitrogens with zero attached hydrogens (tertiary/aromatic N) is 4. The van der Waals surface area contributed by atoms with Gasteiger partial charge in [-0.15, -0.1) is 0 Å². The number of imidazole rings is 1. The molecule has 7 nitrogen and oxygen atoms in total. The summed E-state index contributed by atoms with van der Waals surface area (Å²) in [5.41, 5.74) is 1.39. The van der Waals surface area contributed by atoms with Gasteiger partial charge in [-0.2, -0.15) is 4.98 Å². The van der Waals surface area contributed by atoms with Crippen molar-refractivity contribution in [3.63, 3.8) is 0 Å². The molecule has 2 aliphatic rings. The molecule has 1 fully saturated rings. The van der Waals surface area contributed by atoms with E-state index < -0.39 is 0 Å². The third kappa shape index (κ3) is 2.16. The molecule has 2 aromatic rings. The Labute approximate surface area is 126 Å². The number of nitrogens with one attached hydrogen (secondary N) is 1. The van der Waals surface area contributed by atoms with Crippen LogP contribution in [0.2, 0.25) is 5.28 Å². The number of rotatable bonds is 0. The highest BCUT2D eigenvalue weighted by atomic mass is 35.5. The first-order valence-corrected chi connectivity index (χ1v) is 7.47. The van der Waals surface area contributed by atoms with Gasteiger partial charge in [0.2, 0.25) is 11.2 Å². The summed E-state index contributed by atoms with van der Waals surface area (Å²) in [7, 11) is 0. The van der Waals surface area contributed by atoms with E-state index in [1.165, 1.54) is 0 Å². The van der Waals surface area contributed by atoms with Gasteiger partial charge in [0.25, 0.3) is 0 Å². The second-order valence-corrected chi connectivity index (χ2v) is 5.76. The standard InChI is InChI=1S/C13H16ClN5O2/c14-11-15-7-9-10(18-11)19-12(17-9)16-8-13(19)1-3-20-5-6-21-4-2-13/h7H,1-6,8H2,(H,16,17). The third-order valence-corrected chi connectivity index (χ3v) is 4.40. The van der Waals surface area contributed by atoms with Crippen LogP contribution in [0.4, 0.5) is 5.95 Å². The molecular formula is C13H16ClN5O2. The van der Waals surface area contributed by atoms with E-state index in [0.29, 0.717) is 26.4 Å². The number of fused-ring (bicyclic) bond motifs is 4. The average molecular weight is 310 g/mol. The highest BCUT2D eigenvalue weighted by Crippen LogP contribution is 2.38. The van der Waals surface area contributed by atoms with E-state index in [4.69, 9.17) is 21.1 Å². The van der Waals surface area contributed by atoms with Gasteiger partial charge in [-0.25, -0.2) is 9.97 Å². The van der Waals surface area contributed by atoms with Crippen molar-refractivity contribution in [1.29, 1.82) is 0 Å². The van der Waals surface area contributed by atoms with Crippen LogP contribution in [0, 0.1) is 0 Å². The fourth-order valence-corrected chi connectivity index (χ4v) is 3.24.